The normalized spacial score (nSPS) is 36.0. The van der Waals surface area contributed by atoms with E-state index in [1.54, 1.807) is 0 Å². The van der Waals surface area contributed by atoms with E-state index in [0.29, 0.717) is 5.92 Å². The highest BCUT2D eigenvalue weighted by Crippen LogP contribution is 2.44. The third-order valence-electron chi connectivity index (χ3n) is 4.24. The van der Waals surface area contributed by atoms with Gasteiger partial charge in [0.15, 0.2) is 0 Å². The second kappa shape index (κ2) is 3.86. The Hall–Kier alpha value is -1.31. The summed E-state index contributed by atoms with van der Waals surface area (Å²) in [4.78, 5) is 4.89. The summed E-state index contributed by atoms with van der Waals surface area (Å²) in [5.41, 5.74) is 1.20. The maximum absolute atomic E-state index is 6.00. The minimum absolute atomic E-state index is 0.100. The number of fused-ring (bicyclic) bond motifs is 1. The molecule has 3 atom stereocenters. The molecule has 1 aliphatic heterocycles. The Morgan fingerprint density at radius 1 is 1.29 bits per heavy atom. The number of benzene rings is 1. The zero-order valence-electron chi connectivity index (χ0n) is 10.5. The molecule has 0 N–H and O–H groups in total. The van der Waals surface area contributed by atoms with Crippen LogP contribution in [0.2, 0.25) is 0 Å². The first-order valence-electron chi connectivity index (χ1n) is 6.51. The first-order chi connectivity index (χ1) is 8.19. The van der Waals surface area contributed by atoms with Crippen LogP contribution in [0.15, 0.2) is 35.3 Å². The lowest BCUT2D eigenvalue weighted by Crippen LogP contribution is -2.42. The monoisotopic (exact) mass is 229 g/mol. The molecular weight excluding hydrogens is 210 g/mol. The third kappa shape index (κ3) is 1.76. The molecule has 0 unspecified atom stereocenters. The molecule has 1 aromatic rings. The molecule has 1 aromatic carbocycles. The Morgan fingerprint density at radius 3 is 2.82 bits per heavy atom. The van der Waals surface area contributed by atoms with Gasteiger partial charge in [0.1, 0.15) is 6.10 Å². The summed E-state index contributed by atoms with van der Waals surface area (Å²) in [6, 6.07) is 10.2. The average molecular weight is 229 g/mol. The SMILES string of the molecule is C[C@H]1OC(c2ccccc2)=N[C@]2(C)CCC[C@@H]12. The zero-order chi connectivity index (χ0) is 11.9. The highest BCUT2D eigenvalue weighted by molar-refractivity contribution is 5.95. The van der Waals surface area contributed by atoms with E-state index in [2.05, 4.69) is 26.0 Å². The van der Waals surface area contributed by atoms with Gasteiger partial charge in [0.2, 0.25) is 5.90 Å². The fraction of sp³-hybridized carbons (Fsp3) is 0.533. The van der Waals surface area contributed by atoms with Crippen LogP contribution in [0.5, 0.6) is 0 Å². The van der Waals surface area contributed by atoms with Crippen molar-refractivity contribution in [3.63, 3.8) is 0 Å². The van der Waals surface area contributed by atoms with Crippen molar-refractivity contribution < 1.29 is 4.74 Å². The lowest BCUT2D eigenvalue weighted by Gasteiger charge is -2.37. The van der Waals surface area contributed by atoms with Crippen LogP contribution in [-0.4, -0.2) is 17.5 Å². The summed E-state index contributed by atoms with van der Waals surface area (Å²) < 4.78 is 6.00. The highest BCUT2D eigenvalue weighted by Gasteiger charge is 2.46. The maximum atomic E-state index is 6.00. The maximum Gasteiger partial charge on any atom is 0.216 e. The number of rotatable bonds is 1. The molecule has 0 bridgehead atoms. The van der Waals surface area contributed by atoms with E-state index < -0.39 is 0 Å². The predicted octanol–water partition coefficient (Wildman–Crippen LogP) is 3.41. The quantitative estimate of drug-likeness (QED) is 0.723. The van der Waals surface area contributed by atoms with E-state index in [1.807, 2.05) is 18.2 Å². The molecule has 2 heteroatoms. The first-order valence-corrected chi connectivity index (χ1v) is 6.51. The van der Waals surface area contributed by atoms with Crippen LogP contribution in [0.1, 0.15) is 38.7 Å². The van der Waals surface area contributed by atoms with Gasteiger partial charge < -0.3 is 4.74 Å². The lowest BCUT2D eigenvalue weighted by atomic mass is 9.84. The molecule has 0 spiro atoms. The Balaban J connectivity index is 1.99. The fourth-order valence-electron chi connectivity index (χ4n) is 3.29. The van der Waals surface area contributed by atoms with Crippen LogP contribution in [0.4, 0.5) is 0 Å². The smallest absolute Gasteiger partial charge is 0.216 e. The Bertz CT molecular complexity index is 439. The topological polar surface area (TPSA) is 21.6 Å². The summed E-state index contributed by atoms with van der Waals surface area (Å²) in [6.07, 6.45) is 4.01. The molecular formula is C15H19NO. The van der Waals surface area contributed by atoms with Crippen LogP contribution < -0.4 is 0 Å². The molecule has 1 fully saturated rings. The van der Waals surface area contributed by atoms with Crippen molar-refractivity contribution in [2.24, 2.45) is 10.9 Å². The van der Waals surface area contributed by atoms with E-state index in [4.69, 9.17) is 9.73 Å². The van der Waals surface area contributed by atoms with E-state index in [9.17, 15) is 0 Å². The molecule has 3 rings (SSSR count). The molecule has 90 valence electrons. The largest absolute Gasteiger partial charge is 0.474 e. The fourth-order valence-corrected chi connectivity index (χ4v) is 3.29. The van der Waals surface area contributed by atoms with E-state index in [1.165, 1.54) is 19.3 Å². The Labute approximate surface area is 103 Å². The van der Waals surface area contributed by atoms with Gasteiger partial charge in [-0.25, -0.2) is 4.99 Å². The molecule has 0 saturated heterocycles. The summed E-state index contributed by atoms with van der Waals surface area (Å²) in [5, 5.41) is 0. The van der Waals surface area contributed by atoms with Crippen molar-refractivity contribution >= 4 is 5.90 Å². The molecule has 0 radical (unpaired) electrons. The molecule has 0 aromatic heterocycles. The molecule has 2 aliphatic rings. The summed E-state index contributed by atoms with van der Waals surface area (Å²) in [5.74, 6) is 1.42. The van der Waals surface area contributed by atoms with Gasteiger partial charge in [0.05, 0.1) is 5.54 Å². The molecule has 0 amide bonds. The molecule has 2 nitrogen and oxygen atoms in total. The summed E-state index contributed by atoms with van der Waals surface area (Å²) in [6.45, 7) is 4.47. The molecule has 1 saturated carbocycles. The molecule has 17 heavy (non-hydrogen) atoms. The molecule has 1 aliphatic carbocycles. The van der Waals surface area contributed by atoms with Gasteiger partial charge in [-0.15, -0.1) is 0 Å². The van der Waals surface area contributed by atoms with Crippen LogP contribution in [0.25, 0.3) is 0 Å². The second-order valence-corrected chi connectivity index (χ2v) is 5.46. The van der Waals surface area contributed by atoms with Crippen molar-refractivity contribution in [2.75, 3.05) is 0 Å². The number of nitrogens with zero attached hydrogens (tertiary/aromatic N) is 1. The second-order valence-electron chi connectivity index (χ2n) is 5.46. The van der Waals surface area contributed by atoms with Gasteiger partial charge in [-0.1, -0.05) is 24.6 Å². The van der Waals surface area contributed by atoms with Gasteiger partial charge in [-0.2, -0.15) is 0 Å². The van der Waals surface area contributed by atoms with Gasteiger partial charge in [0, 0.05) is 11.5 Å². The van der Waals surface area contributed by atoms with E-state index in [-0.39, 0.29) is 11.6 Å². The van der Waals surface area contributed by atoms with E-state index in [0.717, 1.165) is 11.5 Å². The minimum Gasteiger partial charge on any atom is -0.474 e. The number of ether oxygens (including phenoxy) is 1. The lowest BCUT2D eigenvalue weighted by molar-refractivity contribution is 0.0827. The highest BCUT2D eigenvalue weighted by atomic mass is 16.5. The molecule has 1 heterocycles. The summed E-state index contributed by atoms with van der Waals surface area (Å²) in [7, 11) is 0. The van der Waals surface area contributed by atoms with Gasteiger partial charge in [-0.3, -0.25) is 0 Å². The standard InChI is InChI=1S/C15H19NO/c1-11-13-9-6-10-15(13,2)16-14(17-11)12-7-4-3-5-8-12/h3-5,7-8,11,13H,6,9-10H2,1-2H3/t11-,13+,15-/m1/s1. The van der Waals surface area contributed by atoms with Gasteiger partial charge in [0.25, 0.3) is 0 Å². The van der Waals surface area contributed by atoms with E-state index >= 15 is 0 Å². The Kier molecular flexibility index (Phi) is 2.46. The third-order valence-corrected chi connectivity index (χ3v) is 4.24. The van der Waals surface area contributed by atoms with Crippen LogP contribution in [0.3, 0.4) is 0 Å². The minimum atomic E-state index is 0.100. The number of aliphatic imine (C=N–C) groups is 1. The summed E-state index contributed by atoms with van der Waals surface area (Å²) >= 11 is 0. The van der Waals surface area contributed by atoms with Crippen molar-refractivity contribution in [3.8, 4) is 0 Å². The van der Waals surface area contributed by atoms with Crippen LogP contribution in [0, 0.1) is 5.92 Å². The van der Waals surface area contributed by atoms with Crippen LogP contribution in [-0.2, 0) is 4.74 Å². The zero-order valence-corrected chi connectivity index (χ0v) is 10.5. The average Bonchev–Trinajstić information content (AvgIpc) is 2.72. The van der Waals surface area contributed by atoms with Gasteiger partial charge >= 0.3 is 0 Å². The van der Waals surface area contributed by atoms with Crippen LogP contribution >= 0.6 is 0 Å². The van der Waals surface area contributed by atoms with Gasteiger partial charge in [-0.05, 0) is 38.8 Å². The van der Waals surface area contributed by atoms with Crippen molar-refractivity contribution in [1.82, 2.24) is 0 Å². The Morgan fingerprint density at radius 2 is 2.06 bits per heavy atom. The van der Waals surface area contributed by atoms with Crippen molar-refractivity contribution in [2.45, 2.75) is 44.8 Å². The number of hydrogen-bond acceptors (Lipinski definition) is 2. The first kappa shape index (κ1) is 10.8. The van der Waals surface area contributed by atoms with Crippen molar-refractivity contribution in [1.29, 1.82) is 0 Å². The number of hydrogen-bond donors (Lipinski definition) is 0. The van der Waals surface area contributed by atoms with Crippen molar-refractivity contribution in [3.05, 3.63) is 35.9 Å². The predicted molar refractivity (Wildman–Crippen MR) is 69.3 cm³/mol.